The van der Waals surface area contributed by atoms with Crippen LogP contribution in [-0.4, -0.2) is 73.1 Å². The number of ether oxygens (including phenoxy) is 2. The van der Waals surface area contributed by atoms with Gasteiger partial charge in [-0.2, -0.15) is 0 Å². The van der Waals surface area contributed by atoms with E-state index in [1.165, 1.54) is 22.8 Å². The first kappa shape index (κ1) is 21.9. The molecule has 0 saturated carbocycles. The maximum atomic E-state index is 12.3. The highest BCUT2D eigenvalue weighted by atomic mass is 16.6. The zero-order valence-electron chi connectivity index (χ0n) is 16.6. The van der Waals surface area contributed by atoms with Crippen LogP contribution in [0.3, 0.4) is 0 Å². The third-order valence-corrected chi connectivity index (χ3v) is 4.13. The van der Waals surface area contributed by atoms with Gasteiger partial charge >= 0.3 is 12.1 Å². The summed E-state index contributed by atoms with van der Waals surface area (Å²) in [5.41, 5.74) is 0.651. The molecule has 0 radical (unpaired) electrons. The number of hydrogen-bond donors (Lipinski definition) is 1. The van der Waals surface area contributed by atoms with Gasteiger partial charge < -0.3 is 24.6 Å². The van der Waals surface area contributed by atoms with Crippen molar-refractivity contribution in [2.75, 3.05) is 39.4 Å². The van der Waals surface area contributed by atoms with Crippen molar-refractivity contribution in [2.45, 2.75) is 13.8 Å². The molecule has 2 rings (SSSR count). The van der Waals surface area contributed by atoms with Crippen LogP contribution >= 0.6 is 0 Å². The summed E-state index contributed by atoms with van der Waals surface area (Å²) in [6.45, 7) is 4.20. The fourth-order valence-corrected chi connectivity index (χ4v) is 2.70. The first-order chi connectivity index (χ1) is 13.9. The number of piperazine rings is 1. The number of nitrogens with one attached hydrogen (secondary N) is 1. The van der Waals surface area contributed by atoms with Crippen LogP contribution in [0.25, 0.3) is 6.08 Å². The molecule has 9 heteroatoms. The molecular weight excluding hydrogens is 378 g/mol. The molecule has 1 saturated heterocycles. The van der Waals surface area contributed by atoms with Gasteiger partial charge in [0.05, 0.1) is 6.61 Å². The van der Waals surface area contributed by atoms with Crippen molar-refractivity contribution in [3.63, 3.8) is 0 Å². The molecule has 156 valence electrons. The molecule has 1 aromatic rings. The van der Waals surface area contributed by atoms with Crippen molar-refractivity contribution in [3.8, 4) is 0 Å². The lowest BCUT2D eigenvalue weighted by Gasteiger charge is -2.33. The molecule has 1 fully saturated rings. The van der Waals surface area contributed by atoms with Gasteiger partial charge in [-0.1, -0.05) is 30.3 Å². The Labute approximate surface area is 169 Å². The predicted octanol–water partition coefficient (Wildman–Crippen LogP) is 1.01. The molecule has 1 aromatic carbocycles. The lowest BCUT2D eigenvalue weighted by molar-refractivity contribution is -0.150. The number of esters is 1. The molecule has 1 aliphatic rings. The molecule has 1 heterocycles. The highest BCUT2D eigenvalue weighted by Gasteiger charge is 2.25. The first-order valence-electron chi connectivity index (χ1n) is 9.31. The molecule has 3 amide bonds. The molecule has 0 spiro atoms. The van der Waals surface area contributed by atoms with Crippen molar-refractivity contribution in [1.29, 1.82) is 0 Å². The number of carbonyl (C=O) groups excluding carboxylic acids is 4. The number of rotatable bonds is 6. The number of carbonyl (C=O) groups is 4. The minimum Gasteiger partial charge on any atom is -0.451 e. The van der Waals surface area contributed by atoms with E-state index >= 15 is 0 Å². The van der Waals surface area contributed by atoms with E-state index < -0.39 is 24.6 Å². The summed E-state index contributed by atoms with van der Waals surface area (Å²) in [5, 5.41) is 2.43. The molecule has 0 unspecified atom stereocenters. The highest BCUT2D eigenvalue weighted by molar-refractivity contribution is 5.98. The van der Waals surface area contributed by atoms with Gasteiger partial charge in [-0.25, -0.2) is 9.59 Å². The summed E-state index contributed by atoms with van der Waals surface area (Å²) >= 11 is 0. The second-order valence-corrected chi connectivity index (χ2v) is 6.29. The predicted molar refractivity (Wildman–Crippen MR) is 104 cm³/mol. The van der Waals surface area contributed by atoms with E-state index in [2.05, 4.69) is 5.32 Å². The van der Waals surface area contributed by atoms with E-state index in [0.717, 1.165) is 0 Å². The quantitative estimate of drug-likeness (QED) is 0.561. The monoisotopic (exact) mass is 403 g/mol. The topological polar surface area (TPSA) is 105 Å². The standard InChI is InChI=1S/C20H25N3O6/c1-3-28-20(27)23-11-9-22(10-12-23)18(25)14-29-19(26)17(21-15(2)24)13-16-7-5-4-6-8-16/h4-8,13H,3,9-12,14H2,1-2H3,(H,21,24)/b17-13-. The van der Waals surface area contributed by atoms with Gasteiger partial charge in [-0.05, 0) is 18.6 Å². The van der Waals surface area contributed by atoms with E-state index in [0.29, 0.717) is 38.3 Å². The van der Waals surface area contributed by atoms with Gasteiger partial charge in [0.15, 0.2) is 6.61 Å². The van der Waals surface area contributed by atoms with Crippen LogP contribution in [0, 0.1) is 0 Å². The molecule has 1 N–H and O–H groups in total. The Bertz CT molecular complexity index is 770. The number of amides is 3. The summed E-state index contributed by atoms with van der Waals surface area (Å²) in [6, 6.07) is 8.95. The Hall–Kier alpha value is -3.36. The average Bonchev–Trinajstić information content (AvgIpc) is 2.72. The first-order valence-corrected chi connectivity index (χ1v) is 9.31. The van der Waals surface area contributed by atoms with Crippen LogP contribution in [0.4, 0.5) is 4.79 Å². The van der Waals surface area contributed by atoms with E-state index in [9.17, 15) is 19.2 Å². The van der Waals surface area contributed by atoms with Crippen LogP contribution in [0.2, 0.25) is 0 Å². The van der Waals surface area contributed by atoms with Crippen LogP contribution in [0.1, 0.15) is 19.4 Å². The Morgan fingerprint density at radius 1 is 1.00 bits per heavy atom. The Balaban J connectivity index is 1.89. The lowest BCUT2D eigenvalue weighted by Crippen LogP contribution is -2.51. The maximum Gasteiger partial charge on any atom is 0.409 e. The molecule has 29 heavy (non-hydrogen) atoms. The van der Waals surface area contributed by atoms with Crippen molar-refractivity contribution < 1.29 is 28.7 Å². The third-order valence-electron chi connectivity index (χ3n) is 4.13. The van der Waals surface area contributed by atoms with E-state index in [1.807, 2.05) is 6.07 Å². The molecule has 0 atom stereocenters. The van der Waals surface area contributed by atoms with Crippen molar-refractivity contribution >= 4 is 30.0 Å². The van der Waals surface area contributed by atoms with E-state index in [-0.39, 0.29) is 11.6 Å². The fraction of sp³-hybridized carbons (Fsp3) is 0.400. The maximum absolute atomic E-state index is 12.3. The molecule has 0 bridgehead atoms. The van der Waals surface area contributed by atoms with Crippen LogP contribution < -0.4 is 5.32 Å². The van der Waals surface area contributed by atoms with Crippen LogP contribution in [0.5, 0.6) is 0 Å². The SMILES string of the molecule is CCOC(=O)N1CCN(C(=O)COC(=O)/C(=C/c2ccccc2)NC(C)=O)CC1. The smallest absolute Gasteiger partial charge is 0.409 e. The van der Waals surface area contributed by atoms with Gasteiger partial charge in [-0.15, -0.1) is 0 Å². The summed E-state index contributed by atoms with van der Waals surface area (Å²) in [6.07, 6.45) is 1.07. The molecular formula is C20H25N3O6. The van der Waals surface area contributed by atoms with Gasteiger partial charge in [0.1, 0.15) is 5.70 Å². The van der Waals surface area contributed by atoms with Crippen molar-refractivity contribution in [3.05, 3.63) is 41.6 Å². The zero-order chi connectivity index (χ0) is 21.2. The van der Waals surface area contributed by atoms with Crippen LogP contribution in [0.15, 0.2) is 36.0 Å². The van der Waals surface area contributed by atoms with Crippen molar-refractivity contribution in [1.82, 2.24) is 15.1 Å². The Morgan fingerprint density at radius 3 is 2.21 bits per heavy atom. The number of nitrogens with zero attached hydrogens (tertiary/aromatic N) is 2. The van der Waals surface area contributed by atoms with E-state index in [1.54, 1.807) is 31.2 Å². The Kier molecular flexibility index (Phi) is 8.20. The lowest BCUT2D eigenvalue weighted by atomic mass is 10.2. The summed E-state index contributed by atoms with van der Waals surface area (Å²) in [7, 11) is 0. The fourth-order valence-electron chi connectivity index (χ4n) is 2.70. The summed E-state index contributed by atoms with van der Waals surface area (Å²) in [4.78, 5) is 50.8. The second kappa shape index (κ2) is 10.8. The molecule has 9 nitrogen and oxygen atoms in total. The van der Waals surface area contributed by atoms with Gasteiger partial charge in [0.2, 0.25) is 5.91 Å². The average molecular weight is 403 g/mol. The number of benzene rings is 1. The number of hydrogen-bond acceptors (Lipinski definition) is 6. The molecule has 0 aliphatic carbocycles. The third kappa shape index (κ3) is 6.95. The largest absolute Gasteiger partial charge is 0.451 e. The Morgan fingerprint density at radius 2 is 1.62 bits per heavy atom. The second-order valence-electron chi connectivity index (χ2n) is 6.29. The van der Waals surface area contributed by atoms with Gasteiger partial charge in [0.25, 0.3) is 5.91 Å². The van der Waals surface area contributed by atoms with Gasteiger partial charge in [0, 0.05) is 33.1 Å². The summed E-state index contributed by atoms with van der Waals surface area (Å²) < 4.78 is 10.0. The normalized spacial score (nSPS) is 14.2. The zero-order valence-corrected chi connectivity index (χ0v) is 16.6. The van der Waals surface area contributed by atoms with E-state index in [4.69, 9.17) is 9.47 Å². The van der Waals surface area contributed by atoms with Crippen LogP contribution in [-0.2, 0) is 23.9 Å². The molecule has 1 aliphatic heterocycles. The molecule has 0 aromatic heterocycles. The van der Waals surface area contributed by atoms with Crippen molar-refractivity contribution in [2.24, 2.45) is 0 Å². The van der Waals surface area contributed by atoms with Gasteiger partial charge in [-0.3, -0.25) is 9.59 Å². The highest BCUT2D eigenvalue weighted by Crippen LogP contribution is 2.08. The summed E-state index contributed by atoms with van der Waals surface area (Å²) in [5.74, 6) is -1.60. The minimum absolute atomic E-state index is 0.0522. The minimum atomic E-state index is -0.803.